The van der Waals surface area contributed by atoms with Gasteiger partial charge >= 0.3 is 0 Å². The van der Waals surface area contributed by atoms with E-state index in [1.807, 2.05) is 6.92 Å². The average molecular weight is 210 g/mol. The summed E-state index contributed by atoms with van der Waals surface area (Å²) in [5.74, 6) is 4.01. The number of hydrogen-bond acceptors (Lipinski definition) is 3. The van der Waals surface area contributed by atoms with E-state index in [2.05, 4.69) is 21.2 Å². The van der Waals surface area contributed by atoms with E-state index in [0.29, 0.717) is 18.1 Å². The Balaban J connectivity index is 2.67. The molecule has 0 unspecified atom stereocenters. The van der Waals surface area contributed by atoms with Gasteiger partial charge in [0.05, 0.1) is 0 Å². The summed E-state index contributed by atoms with van der Waals surface area (Å²) in [6, 6.07) is 1.69. The largest absolute Gasteiger partial charge is 0.369 e. The number of aromatic nitrogens is 2. The van der Waals surface area contributed by atoms with Crippen LogP contribution in [0.15, 0.2) is 6.07 Å². The smallest absolute Gasteiger partial charge is 0.134 e. The van der Waals surface area contributed by atoms with Gasteiger partial charge in [0.1, 0.15) is 16.8 Å². The number of hydrogen-bond donors (Lipinski definition) is 1. The zero-order valence-electron chi connectivity index (χ0n) is 8.05. The number of aryl methyl sites for hydroxylation is 1. The van der Waals surface area contributed by atoms with Gasteiger partial charge in [-0.2, -0.15) is 0 Å². The number of nitrogens with zero attached hydrogens (tertiary/aromatic N) is 2. The number of nitrogens with one attached hydrogen (secondary N) is 1. The zero-order chi connectivity index (χ0) is 10.4. The molecule has 0 aliphatic rings. The molecule has 4 heteroatoms. The first kappa shape index (κ1) is 10.8. The number of rotatable bonds is 4. The van der Waals surface area contributed by atoms with Crippen LogP contribution in [0.25, 0.3) is 0 Å². The molecule has 3 nitrogen and oxygen atoms in total. The van der Waals surface area contributed by atoms with Gasteiger partial charge in [0.15, 0.2) is 0 Å². The summed E-state index contributed by atoms with van der Waals surface area (Å²) in [7, 11) is 0. The normalized spacial score (nSPS) is 9.50. The average Bonchev–Trinajstić information content (AvgIpc) is 2.17. The summed E-state index contributed by atoms with van der Waals surface area (Å²) in [5.41, 5.74) is 0. The van der Waals surface area contributed by atoms with Crippen molar-refractivity contribution in [1.29, 1.82) is 0 Å². The molecule has 0 saturated carbocycles. The quantitative estimate of drug-likeness (QED) is 0.469. The molecule has 0 fully saturated rings. The topological polar surface area (TPSA) is 37.8 Å². The van der Waals surface area contributed by atoms with E-state index in [1.54, 1.807) is 6.07 Å². The fourth-order valence-electron chi connectivity index (χ4n) is 0.976. The molecular weight excluding hydrogens is 198 g/mol. The summed E-state index contributed by atoms with van der Waals surface area (Å²) in [6.07, 6.45) is 6.57. The van der Waals surface area contributed by atoms with Crippen LogP contribution >= 0.6 is 11.6 Å². The molecule has 1 N–H and O–H groups in total. The van der Waals surface area contributed by atoms with Gasteiger partial charge in [0, 0.05) is 25.5 Å². The third-order valence-electron chi connectivity index (χ3n) is 1.63. The molecule has 0 aromatic carbocycles. The lowest BCUT2D eigenvalue weighted by Gasteiger charge is -2.04. The summed E-state index contributed by atoms with van der Waals surface area (Å²) in [6.45, 7) is 2.68. The monoisotopic (exact) mass is 209 g/mol. The third-order valence-corrected chi connectivity index (χ3v) is 1.83. The predicted molar refractivity (Wildman–Crippen MR) is 58.4 cm³/mol. The number of halogens is 1. The van der Waals surface area contributed by atoms with Crippen LogP contribution in [0.4, 0.5) is 5.82 Å². The predicted octanol–water partition coefficient (Wildman–Crippen LogP) is 2.13. The summed E-state index contributed by atoms with van der Waals surface area (Å²) in [5, 5.41) is 3.54. The highest BCUT2D eigenvalue weighted by Crippen LogP contribution is 2.11. The van der Waals surface area contributed by atoms with Gasteiger partial charge in [-0.25, -0.2) is 9.97 Å². The number of terminal acetylenes is 1. The second-order valence-corrected chi connectivity index (χ2v) is 3.11. The fraction of sp³-hybridized carbons (Fsp3) is 0.400. The maximum Gasteiger partial charge on any atom is 0.134 e. The second kappa shape index (κ2) is 5.46. The Morgan fingerprint density at radius 1 is 1.57 bits per heavy atom. The lowest BCUT2D eigenvalue weighted by molar-refractivity contribution is 0.932. The maximum absolute atomic E-state index is 5.81. The van der Waals surface area contributed by atoms with E-state index >= 15 is 0 Å². The molecule has 0 spiro atoms. The molecule has 1 heterocycles. The van der Waals surface area contributed by atoms with Crippen LogP contribution in [-0.2, 0) is 6.42 Å². The molecule has 0 atom stereocenters. The first-order valence-electron chi connectivity index (χ1n) is 4.47. The van der Waals surface area contributed by atoms with Crippen molar-refractivity contribution in [2.75, 3.05) is 11.9 Å². The van der Waals surface area contributed by atoms with Gasteiger partial charge in [-0.05, 0) is 0 Å². The van der Waals surface area contributed by atoms with Crippen molar-refractivity contribution < 1.29 is 0 Å². The summed E-state index contributed by atoms with van der Waals surface area (Å²) >= 11 is 5.81. The first-order valence-corrected chi connectivity index (χ1v) is 4.85. The molecule has 0 bridgehead atoms. The van der Waals surface area contributed by atoms with E-state index in [4.69, 9.17) is 18.0 Å². The molecule has 0 amide bonds. The molecule has 1 rings (SSSR count). The lowest BCUT2D eigenvalue weighted by atomic mass is 10.4. The van der Waals surface area contributed by atoms with Crippen LogP contribution in [-0.4, -0.2) is 16.5 Å². The van der Waals surface area contributed by atoms with Crippen molar-refractivity contribution in [3.8, 4) is 12.3 Å². The van der Waals surface area contributed by atoms with E-state index in [9.17, 15) is 0 Å². The molecule has 74 valence electrons. The van der Waals surface area contributed by atoms with Crippen LogP contribution in [0, 0.1) is 12.3 Å². The van der Waals surface area contributed by atoms with Crippen molar-refractivity contribution in [2.45, 2.75) is 19.8 Å². The summed E-state index contributed by atoms with van der Waals surface area (Å²) < 4.78 is 0. The second-order valence-electron chi connectivity index (χ2n) is 2.73. The standard InChI is InChI=1S/C10H12ClN3/c1-3-5-6-12-10-7-8(11)13-9(4-2)14-10/h1,7H,4-6H2,2H3,(H,12,13,14). The molecule has 0 radical (unpaired) electrons. The molecule has 0 saturated heterocycles. The van der Waals surface area contributed by atoms with Crippen molar-refractivity contribution in [3.05, 3.63) is 17.0 Å². The lowest BCUT2D eigenvalue weighted by Crippen LogP contribution is -2.05. The third kappa shape index (κ3) is 3.23. The SMILES string of the molecule is C#CCCNc1cc(Cl)nc(CC)n1. The van der Waals surface area contributed by atoms with Crippen molar-refractivity contribution in [3.63, 3.8) is 0 Å². The Kier molecular flexibility index (Phi) is 4.21. The Bertz CT molecular complexity index is 344. The van der Waals surface area contributed by atoms with Crippen LogP contribution in [0.3, 0.4) is 0 Å². The van der Waals surface area contributed by atoms with E-state index < -0.39 is 0 Å². The molecule has 1 aromatic rings. The molecule has 0 aliphatic heterocycles. The van der Waals surface area contributed by atoms with Gasteiger partial charge < -0.3 is 5.32 Å². The van der Waals surface area contributed by atoms with Crippen molar-refractivity contribution >= 4 is 17.4 Å². The van der Waals surface area contributed by atoms with Gasteiger partial charge in [-0.15, -0.1) is 12.3 Å². The minimum atomic E-state index is 0.458. The molecule has 0 aliphatic carbocycles. The maximum atomic E-state index is 5.81. The van der Waals surface area contributed by atoms with Gasteiger partial charge in [-0.3, -0.25) is 0 Å². The van der Waals surface area contributed by atoms with Crippen LogP contribution in [0.5, 0.6) is 0 Å². The van der Waals surface area contributed by atoms with Gasteiger partial charge in [0.2, 0.25) is 0 Å². The van der Waals surface area contributed by atoms with E-state index in [0.717, 1.165) is 18.1 Å². The highest BCUT2D eigenvalue weighted by molar-refractivity contribution is 6.29. The van der Waals surface area contributed by atoms with Gasteiger partial charge in [0.25, 0.3) is 0 Å². The Morgan fingerprint density at radius 3 is 3.00 bits per heavy atom. The fourth-order valence-corrected chi connectivity index (χ4v) is 1.18. The first-order chi connectivity index (χ1) is 6.76. The molecule has 14 heavy (non-hydrogen) atoms. The number of anilines is 1. The molecular formula is C10H12ClN3. The highest BCUT2D eigenvalue weighted by Gasteiger charge is 2.00. The van der Waals surface area contributed by atoms with E-state index in [1.165, 1.54) is 0 Å². The zero-order valence-corrected chi connectivity index (χ0v) is 8.80. The molecule has 1 aromatic heterocycles. The Hall–Kier alpha value is -1.27. The Labute approximate surface area is 88.9 Å². The van der Waals surface area contributed by atoms with Gasteiger partial charge in [-0.1, -0.05) is 18.5 Å². The van der Waals surface area contributed by atoms with E-state index in [-0.39, 0.29) is 0 Å². The van der Waals surface area contributed by atoms with Crippen molar-refractivity contribution in [1.82, 2.24) is 9.97 Å². The van der Waals surface area contributed by atoms with Crippen LogP contribution in [0.2, 0.25) is 5.15 Å². The minimum absolute atomic E-state index is 0.458. The van der Waals surface area contributed by atoms with Crippen molar-refractivity contribution in [2.24, 2.45) is 0 Å². The van der Waals surface area contributed by atoms with Crippen LogP contribution in [0.1, 0.15) is 19.2 Å². The minimum Gasteiger partial charge on any atom is -0.369 e. The Morgan fingerprint density at radius 2 is 2.36 bits per heavy atom. The van der Waals surface area contributed by atoms with Crippen LogP contribution < -0.4 is 5.32 Å². The summed E-state index contributed by atoms with van der Waals surface area (Å²) in [4.78, 5) is 8.30. The highest BCUT2D eigenvalue weighted by atomic mass is 35.5.